The maximum atomic E-state index is 12.4. The predicted octanol–water partition coefficient (Wildman–Crippen LogP) is 3.47. The molecule has 0 aliphatic carbocycles. The van der Waals surface area contributed by atoms with Gasteiger partial charge in [-0.25, -0.2) is 9.97 Å². The van der Waals surface area contributed by atoms with Gasteiger partial charge in [-0.1, -0.05) is 36.9 Å². The van der Waals surface area contributed by atoms with E-state index < -0.39 is 0 Å². The van der Waals surface area contributed by atoms with Crippen LogP contribution >= 0.6 is 23.1 Å². The van der Waals surface area contributed by atoms with Crippen LogP contribution in [0, 0.1) is 0 Å². The first-order valence-electron chi connectivity index (χ1n) is 7.72. The number of carbonyl (C=O) groups excluding carboxylic acids is 1. The second kappa shape index (κ2) is 6.77. The summed E-state index contributed by atoms with van der Waals surface area (Å²) in [7, 11) is 0. The number of thioether (sulfide) groups is 1. The molecule has 0 aliphatic rings. The lowest BCUT2D eigenvalue weighted by Gasteiger charge is -2.11. The van der Waals surface area contributed by atoms with Crippen LogP contribution in [-0.2, 0) is 4.79 Å². The molecule has 126 valence electrons. The molecule has 1 aromatic carbocycles. The maximum absolute atomic E-state index is 12.4. The summed E-state index contributed by atoms with van der Waals surface area (Å²) in [5.74, 6) is -0.109. The van der Waals surface area contributed by atoms with E-state index in [1.54, 1.807) is 6.20 Å². The highest BCUT2D eigenvalue weighted by Crippen LogP contribution is 2.27. The van der Waals surface area contributed by atoms with Crippen LogP contribution in [-0.4, -0.2) is 36.3 Å². The highest BCUT2D eigenvalue weighted by molar-refractivity contribution is 8.00. The number of aromatic nitrogens is 5. The van der Waals surface area contributed by atoms with Crippen LogP contribution < -0.4 is 5.32 Å². The zero-order valence-electron chi connectivity index (χ0n) is 13.3. The molecule has 25 heavy (non-hydrogen) atoms. The number of benzene rings is 1. The molecule has 1 amide bonds. The van der Waals surface area contributed by atoms with Gasteiger partial charge in [0.05, 0.1) is 5.25 Å². The molecule has 0 saturated carbocycles. The van der Waals surface area contributed by atoms with Crippen molar-refractivity contribution < 1.29 is 4.79 Å². The third kappa shape index (κ3) is 3.20. The fourth-order valence-electron chi connectivity index (χ4n) is 2.48. The van der Waals surface area contributed by atoms with E-state index in [9.17, 15) is 4.79 Å². The number of fused-ring (bicyclic) bond motifs is 3. The van der Waals surface area contributed by atoms with Gasteiger partial charge in [-0.15, -0.1) is 21.5 Å². The SMILES string of the molecule is CCC(Sc1nnc2c(n1)[nH]c1ccccc12)C(=O)Nc1nccs1. The second-order valence-corrected chi connectivity index (χ2v) is 7.37. The Morgan fingerprint density at radius 2 is 2.24 bits per heavy atom. The summed E-state index contributed by atoms with van der Waals surface area (Å²) in [6.07, 6.45) is 2.31. The molecule has 9 heteroatoms. The second-order valence-electron chi connectivity index (χ2n) is 5.30. The van der Waals surface area contributed by atoms with Gasteiger partial charge in [0, 0.05) is 22.5 Å². The molecule has 3 heterocycles. The number of thiazole rings is 1. The first-order chi connectivity index (χ1) is 12.2. The van der Waals surface area contributed by atoms with Gasteiger partial charge in [-0.3, -0.25) is 4.79 Å². The molecule has 0 bridgehead atoms. The monoisotopic (exact) mass is 370 g/mol. The topological polar surface area (TPSA) is 96.5 Å². The fourth-order valence-corrected chi connectivity index (χ4v) is 3.83. The number of nitrogens with one attached hydrogen (secondary N) is 2. The Balaban J connectivity index is 1.58. The van der Waals surface area contributed by atoms with Crippen LogP contribution in [0.25, 0.3) is 22.1 Å². The highest BCUT2D eigenvalue weighted by atomic mass is 32.2. The average Bonchev–Trinajstić information content (AvgIpc) is 3.26. The molecule has 1 unspecified atom stereocenters. The maximum Gasteiger partial charge on any atom is 0.239 e. The first kappa shape index (κ1) is 16.0. The average molecular weight is 370 g/mol. The number of hydrogen-bond acceptors (Lipinski definition) is 7. The lowest BCUT2D eigenvalue weighted by atomic mass is 10.2. The van der Waals surface area contributed by atoms with E-state index in [0.29, 0.717) is 22.4 Å². The van der Waals surface area contributed by atoms with Crippen LogP contribution in [0.15, 0.2) is 41.0 Å². The van der Waals surface area contributed by atoms with E-state index in [-0.39, 0.29) is 11.2 Å². The summed E-state index contributed by atoms with van der Waals surface area (Å²) in [6.45, 7) is 1.95. The Kier molecular flexibility index (Phi) is 4.33. The first-order valence-corrected chi connectivity index (χ1v) is 9.48. The number of amides is 1. The minimum atomic E-state index is -0.312. The number of nitrogens with zero attached hydrogens (tertiary/aromatic N) is 4. The minimum absolute atomic E-state index is 0.109. The van der Waals surface area contributed by atoms with Gasteiger partial charge in [0.15, 0.2) is 10.8 Å². The quantitative estimate of drug-likeness (QED) is 0.522. The van der Waals surface area contributed by atoms with E-state index in [1.165, 1.54) is 23.1 Å². The Hall–Kier alpha value is -2.52. The van der Waals surface area contributed by atoms with Crippen LogP contribution in [0.3, 0.4) is 0 Å². The summed E-state index contributed by atoms with van der Waals surface area (Å²) >= 11 is 2.69. The van der Waals surface area contributed by atoms with Gasteiger partial charge < -0.3 is 10.3 Å². The smallest absolute Gasteiger partial charge is 0.239 e. The zero-order valence-corrected chi connectivity index (χ0v) is 14.9. The lowest BCUT2D eigenvalue weighted by Crippen LogP contribution is -2.24. The summed E-state index contributed by atoms with van der Waals surface area (Å²) in [5.41, 5.74) is 2.38. The molecule has 7 nitrogen and oxygen atoms in total. The van der Waals surface area contributed by atoms with E-state index in [1.807, 2.05) is 36.6 Å². The number of hydrogen-bond donors (Lipinski definition) is 2. The number of H-pyrrole nitrogens is 1. The fraction of sp³-hybridized carbons (Fsp3) is 0.188. The molecule has 2 N–H and O–H groups in total. The van der Waals surface area contributed by atoms with Crippen molar-refractivity contribution >= 4 is 56.2 Å². The van der Waals surface area contributed by atoms with Crippen LogP contribution in [0.5, 0.6) is 0 Å². The zero-order chi connectivity index (χ0) is 17.2. The van der Waals surface area contributed by atoms with Gasteiger partial charge in [0.1, 0.15) is 5.52 Å². The largest absolute Gasteiger partial charge is 0.338 e. The molecule has 4 aromatic rings. The third-order valence-corrected chi connectivity index (χ3v) is 5.58. The molecule has 0 aliphatic heterocycles. The number of rotatable bonds is 5. The van der Waals surface area contributed by atoms with Gasteiger partial charge in [-0.05, 0) is 12.5 Å². The molecular formula is C16H14N6OS2. The molecule has 0 saturated heterocycles. The number of carbonyl (C=O) groups is 1. The summed E-state index contributed by atoms with van der Waals surface area (Å²) in [5, 5.41) is 14.8. The summed E-state index contributed by atoms with van der Waals surface area (Å²) in [6, 6.07) is 7.86. The van der Waals surface area contributed by atoms with E-state index in [4.69, 9.17) is 0 Å². The molecular weight excluding hydrogens is 356 g/mol. The third-order valence-electron chi connectivity index (χ3n) is 3.68. The lowest BCUT2D eigenvalue weighted by molar-refractivity contribution is -0.115. The molecule has 3 aromatic heterocycles. The Morgan fingerprint density at radius 1 is 1.36 bits per heavy atom. The number of para-hydroxylation sites is 1. The highest BCUT2D eigenvalue weighted by Gasteiger charge is 2.21. The van der Waals surface area contributed by atoms with Crippen LogP contribution in [0.2, 0.25) is 0 Å². The van der Waals surface area contributed by atoms with Crippen molar-refractivity contribution in [2.24, 2.45) is 0 Å². The molecule has 0 spiro atoms. The Bertz CT molecular complexity index is 1030. The molecule has 0 fully saturated rings. The van der Waals surface area contributed by atoms with Crippen molar-refractivity contribution in [3.05, 3.63) is 35.8 Å². The van der Waals surface area contributed by atoms with Crippen molar-refractivity contribution in [1.29, 1.82) is 0 Å². The van der Waals surface area contributed by atoms with E-state index in [2.05, 4.69) is 30.5 Å². The van der Waals surface area contributed by atoms with Crippen molar-refractivity contribution in [1.82, 2.24) is 25.1 Å². The number of anilines is 1. The number of aromatic amines is 1. The summed E-state index contributed by atoms with van der Waals surface area (Å²) in [4.78, 5) is 24.2. The normalized spacial score (nSPS) is 12.5. The van der Waals surface area contributed by atoms with Gasteiger partial charge >= 0.3 is 0 Å². The van der Waals surface area contributed by atoms with Crippen molar-refractivity contribution in [2.75, 3.05) is 5.32 Å². The van der Waals surface area contributed by atoms with E-state index in [0.717, 1.165) is 16.4 Å². The molecule has 0 radical (unpaired) electrons. The molecule has 1 atom stereocenters. The minimum Gasteiger partial charge on any atom is -0.338 e. The van der Waals surface area contributed by atoms with Crippen molar-refractivity contribution in [2.45, 2.75) is 23.8 Å². The van der Waals surface area contributed by atoms with Gasteiger partial charge in [-0.2, -0.15) is 0 Å². The van der Waals surface area contributed by atoms with Crippen LogP contribution in [0.1, 0.15) is 13.3 Å². The molecule has 4 rings (SSSR count). The van der Waals surface area contributed by atoms with Crippen molar-refractivity contribution in [3.63, 3.8) is 0 Å². The van der Waals surface area contributed by atoms with Gasteiger partial charge in [0.25, 0.3) is 0 Å². The van der Waals surface area contributed by atoms with Gasteiger partial charge in [0.2, 0.25) is 11.1 Å². The van der Waals surface area contributed by atoms with Crippen molar-refractivity contribution in [3.8, 4) is 0 Å². The van der Waals surface area contributed by atoms with Crippen LogP contribution in [0.4, 0.5) is 5.13 Å². The Labute approximate surface area is 151 Å². The Morgan fingerprint density at radius 3 is 3.04 bits per heavy atom. The predicted molar refractivity (Wildman–Crippen MR) is 99.9 cm³/mol. The standard InChI is InChI=1S/C16H14N6OS2/c1-2-11(14(23)20-15-17-7-8-24-15)25-16-19-13-12(21-22-16)9-5-3-4-6-10(9)18-13/h3-8,11H,2H2,1H3,(H,17,20,23)(H,18,19,22). The summed E-state index contributed by atoms with van der Waals surface area (Å²) < 4.78 is 0. The van der Waals surface area contributed by atoms with E-state index >= 15 is 0 Å².